The minimum absolute atomic E-state index is 0.134. The highest BCUT2D eigenvalue weighted by molar-refractivity contribution is 6.39. The maximum absolute atomic E-state index is 9.82. The van der Waals surface area contributed by atoms with Crippen LogP contribution in [0.25, 0.3) is 10.4 Å². The van der Waals surface area contributed by atoms with Crippen LogP contribution in [-0.4, -0.2) is 22.9 Å². The molecule has 0 aliphatic heterocycles. The van der Waals surface area contributed by atoms with Crippen LogP contribution >= 0.6 is 34.8 Å². The first-order valence-electron chi connectivity index (χ1n) is 4.48. The van der Waals surface area contributed by atoms with Gasteiger partial charge in [0.2, 0.25) is 0 Å². The van der Waals surface area contributed by atoms with Gasteiger partial charge in [-0.3, -0.25) is 0 Å². The second kappa shape index (κ2) is 6.31. The molecule has 0 radical (unpaired) electrons. The van der Waals surface area contributed by atoms with Crippen molar-refractivity contribution in [1.29, 1.82) is 0 Å². The van der Waals surface area contributed by atoms with Crippen molar-refractivity contribution in [3.63, 3.8) is 0 Å². The molecule has 5 nitrogen and oxygen atoms in total. The van der Waals surface area contributed by atoms with Crippen LogP contribution in [-0.2, 0) is 0 Å². The fraction of sp³-hybridized carbons (Fsp3) is 0.333. The lowest BCUT2D eigenvalue weighted by atomic mass is 10.0. The van der Waals surface area contributed by atoms with Crippen LogP contribution in [0.1, 0.15) is 11.7 Å². The van der Waals surface area contributed by atoms with E-state index in [1.54, 1.807) is 0 Å². The summed E-state index contributed by atoms with van der Waals surface area (Å²) in [5.41, 5.74) is 8.26. The van der Waals surface area contributed by atoms with Gasteiger partial charge in [-0.05, 0) is 17.7 Å². The molecule has 0 fully saturated rings. The molecule has 1 aromatic carbocycles. The van der Waals surface area contributed by atoms with Crippen molar-refractivity contribution in [2.75, 3.05) is 6.54 Å². The molecule has 1 rings (SSSR count). The zero-order valence-electron chi connectivity index (χ0n) is 8.39. The summed E-state index contributed by atoms with van der Waals surface area (Å²) in [7, 11) is 0. The summed E-state index contributed by atoms with van der Waals surface area (Å²) in [5, 5.41) is 23.1. The van der Waals surface area contributed by atoms with E-state index in [4.69, 9.17) is 40.3 Å². The standard InChI is InChI=1S/C9H8Cl3N3O2/c10-4-1-5(11)8(6(12)2-4)9(17)7(16)3-14-15-13/h1-2,7,9,16-17H,3H2. The van der Waals surface area contributed by atoms with Crippen LogP contribution in [0.5, 0.6) is 0 Å². The average molecular weight is 297 g/mol. The van der Waals surface area contributed by atoms with E-state index in [0.717, 1.165) is 0 Å². The Morgan fingerprint density at radius 1 is 1.24 bits per heavy atom. The van der Waals surface area contributed by atoms with Crippen LogP contribution in [0.4, 0.5) is 0 Å². The van der Waals surface area contributed by atoms with E-state index in [1.165, 1.54) is 12.1 Å². The summed E-state index contributed by atoms with van der Waals surface area (Å²) in [5.74, 6) is 0. The Hall–Kier alpha value is -0.680. The Balaban J connectivity index is 3.03. The lowest BCUT2D eigenvalue weighted by Crippen LogP contribution is -2.21. The van der Waals surface area contributed by atoms with Gasteiger partial charge < -0.3 is 10.2 Å². The molecular weight excluding hydrogens is 288 g/mol. The van der Waals surface area contributed by atoms with Crippen molar-refractivity contribution in [2.45, 2.75) is 12.2 Å². The lowest BCUT2D eigenvalue weighted by Gasteiger charge is -2.19. The van der Waals surface area contributed by atoms with Crippen LogP contribution in [0, 0.1) is 0 Å². The second-order valence-electron chi connectivity index (χ2n) is 3.21. The smallest absolute Gasteiger partial charge is 0.108 e. The zero-order valence-corrected chi connectivity index (χ0v) is 10.7. The highest BCUT2D eigenvalue weighted by atomic mass is 35.5. The topological polar surface area (TPSA) is 89.2 Å². The Morgan fingerprint density at radius 3 is 2.24 bits per heavy atom. The van der Waals surface area contributed by atoms with Gasteiger partial charge in [0.1, 0.15) is 6.10 Å². The van der Waals surface area contributed by atoms with E-state index in [2.05, 4.69) is 10.0 Å². The third kappa shape index (κ3) is 3.64. The maximum atomic E-state index is 9.82. The van der Waals surface area contributed by atoms with Gasteiger partial charge >= 0.3 is 0 Å². The van der Waals surface area contributed by atoms with Gasteiger partial charge in [-0.1, -0.05) is 39.9 Å². The van der Waals surface area contributed by atoms with Crippen molar-refractivity contribution < 1.29 is 10.2 Å². The molecule has 17 heavy (non-hydrogen) atoms. The highest BCUT2D eigenvalue weighted by Crippen LogP contribution is 2.34. The first kappa shape index (κ1) is 14.4. The molecule has 2 N–H and O–H groups in total. The Kier molecular flexibility index (Phi) is 5.33. The van der Waals surface area contributed by atoms with Gasteiger partial charge in [0, 0.05) is 25.5 Å². The Bertz CT molecular complexity index is 440. The van der Waals surface area contributed by atoms with Crippen LogP contribution in [0.3, 0.4) is 0 Å². The number of halogens is 3. The van der Waals surface area contributed by atoms with E-state index in [-0.39, 0.29) is 22.2 Å². The normalized spacial score (nSPS) is 13.9. The molecule has 0 amide bonds. The monoisotopic (exact) mass is 295 g/mol. The first-order valence-corrected chi connectivity index (χ1v) is 5.62. The molecule has 0 heterocycles. The number of nitrogens with zero attached hydrogens (tertiary/aromatic N) is 3. The van der Waals surface area contributed by atoms with Crippen molar-refractivity contribution in [1.82, 2.24) is 0 Å². The molecule has 92 valence electrons. The third-order valence-corrected chi connectivity index (χ3v) is 2.88. The van der Waals surface area contributed by atoms with Gasteiger partial charge in [-0.2, -0.15) is 0 Å². The average Bonchev–Trinajstić information content (AvgIpc) is 2.24. The van der Waals surface area contributed by atoms with Crippen LogP contribution < -0.4 is 0 Å². The number of aliphatic hydroxyl groups excluding tert-OH is 2. The fourth-order valence-electron chi connectivity index (χ4n) is 1.25. The van der Waals surface area contributed by atoms with Gasteiger partial charge in [0.05, 0.1) is 12.6 Å². The van der Waals surface area contributed by atoms with Crippen molar-refractivity contribution in [2.24, 2.45) is 5.11 Å². The SMILES string of the molecule is [N-]=[N+]=NCC(O)C(O)c1c(Cl)cc(Cl)cc1Cl. The minimum Gasteiger partial charge on any atom is -0.390 e. The van der Waals surface area contributed by atoms with Crippen molar-refractivity contribution in [3.05, 3.63) is 43.2 Å². The van der Waals surface area contributed by atoms with Crippen molar-refractivity contribution >= 4 is 34.8 Å². The number of azide groups is 1. The first-order chi connectivity index (χ1) is 7.97. The van der Waals surface area contributed by atoms with Gasteiger partial charge in [0.15, 0.2) is 0 Å². The third-order valence-electron chi connectivity index (χ3n) is 2.04. The Labute approximate surface area is 112 Å². The van der Waals surface area contributed by atoms with E-state index in [1.807, 2.05) is 0 Å². The quantitative estimate of drug-likeness (QED) is 0.507. The maximum Gasteiger partial charge on any atom is 0.108 e. The molecule has 0 saturated carbocycles. The summed E-state index contributed by atoms with van der Waals surface area (Å²) < 4.78 is 0. The Morgan fingerprint density at radius 2 is 1.76 bits per heavy atom. The van der Waals surface area contributed by atoms with E-state index < -0.39 is 12.2 Å². The predicted octanol–water partition coefficient (Wildman–Crippen LogP) is 3.35. The molecule has 0 aliphatic carbocycles. The summed E-state index contributed by atoms with van der Waals surface area (Å²) in [6.07, 6.45) is -2.64. The summed E-state index contributed by atoms with van der Waals surface area (Å²) in [4.78, 5) is 2.48. The number of hydrogen-bond donors (Lipinski definition) is 2. The molecule has 2 atom stereocenters. The molecule has 8 heteroatoms. The molecule has 0 spiro atoms. The molecule has 2 unspecified atom stereocenters. The van der Waals surface area contributed by atoms with E-state index in [0.29, 0.717) is 5.02 Å². The molecule has 0 aromatic heterocycles. The number of aliphatic hydroxyl groups is 2. The summed E-state index contributed by atoms with van der Waals surface area (Å²) in [6, 6.07) is 2.79. The predicted molar refractivity (Wildman–Crippen MR) is 66.5 cm³/mol. The van der Waals surface area contributed by atoms with E-state index >= 15 is 0 Å². The summed E-state index contributed by atoms with van der Waals surface area (Å²) >= 11 is 17.4. The van der Waals surface area contributed by atoms with Gasteiger partial charge in [0.25, 0.3) is 0 Å². The largest absolute Gasteiger partial charge is 0.390 e. The summed E-state index contributed by atoms with van der Waals surface area (Å²) in [6.45, 7) is -0.285. The molecule has 0 saturated heterocycles. The van der Waals surface area contributed by atoms with Gasteiger partial charge in [-0.15, -0.1) is 0 Å². The molecule has 0 bridgehead atoms. The molecule has 0 aliphatic rings. The second-order valence-corrected chi connectivity index (χ2v) is 4.46. The van der Waals surface area contributed by atoms with Gasteiger partial charge in [-0.25, -0.2) is 0 Å². The highest BCUT2D eigenvalue weighted by Gasteiger charge is 2.23. The fourth-order valence-corrected chi connectivity index (χ4v) is 2.29. The van der Waals surface area contributed by atoms with Crippen molar-refractivity contribution in [3.8, 4) is 0 Å². The number of rotatable bonds is 4. The molecular formula is C9H8Cl3N3O2. The molecule has 1 aromatic rings. The van der Waals surface area contributed by atoms with Crippen LogP contribution in [0.15, 0.2) is 17.2 Å². The zero-order chi connectivity index (χ0) is 13.0. The lowest BCUT2D eigenvalue weighted by molar-refractivity contribution is 0.0245. The minimum atomic E-state index is -1.35. The van der Waals surface area contributed by atoms with E-state index in [9.17, 15) is 10.2 Å². The number of hydrogen-bond acceptors (Lipinski definition) is 3. The number of benzene rings is 1. The van der Waals surface area contributed by atoms with Crippen LogP contribution in [0.2, 0.25) is 15.1 Å².